The Morgan fingerprint density at radius 3 is 1.88 bits per heavy atom. The number of hydrogen-bond acceptors (Lipinski definition) is 2. The highest BCUT2D eigenvalue weighted by atomic mass is 16.6. The predicted octanol–water partition coefficient (Wildman–Crippen LogP) is 5.28. The van der Waals surface area contributed by atoms with E-state index in [2.05, 4.69) is 24.3 Å². The maximum Gasteiger partial charge on any atom is 0.410 e. The van der Waals surface area contributed by atoms with Crippen LogP contribution in [0.1, 0.15) is 44.7 Å². The second-order valence-electron chi connectivity index (χ2n) is 7.17. The number of rotatable bonds is 6. The highest BCUT2D eigenvalue weighted by Crippen LogP contribution is 2.26. The van der Waals surface area contributed by atoms with Gasteiger partial charge in [-0.2, -0.15) is 0 Å². The van der Waals surface area contributed by atoms with Gasteiger partial charge in [-0.25, -0.2) is 4.79 Å². The van der Waals surface area contributed by atoms with Gasteiger partial charge in [0.25, 0.3) is 0 Å². The fraction of sp³-hybridized carbons (Fsp3) is 0.364. The van der Waals surface area contributed by atoms with E-state index < -0.39 is 5.60 Å². The van der Waals surface area contributed by atoms with Gasteiger partial charge in [0.15, 0.2) is 0 Å². The molecule has 0 atom stereocenters. The Morgan fingerprint density at radius 1 is 1.00 bits per heavy atom. The minimum atomic E-state index is -0.502. The Morgan fingerprint density at radius 2 is 1.48 bits per heavy atom. The maximum atomic E-state index is 12.6. The van der Waals surface area contributed by atoms with Gasteiger partial charge in [0.05, 0.1) is 0 Å². The zero-order chi connectivity index (χ0) is 18.3. The lowest BCUT2D eigenvalue weighted by Gasteiger charge is -2.30. The van der Waals surface area contributed by atoms with E-state index in [0.717, 1.165) is 0 Å². The minimum Gasteiger partial charge on any atom is -0.444 e. The summed E-state index contributed by atoms with van der Waals surface area (Å²) < 4.78 is 5.59. The second kappa shape index (κ2) is 8.70. The summed E-state index contributed by atoms with van der Waals surface area (Å²) in [5.74, 6) is 0.106. The van der Waals surface area contributed by atoms with Crippen molar-refractivity contribution in [3.63, 3.8) is 0 Å². The van der Waals surface area contributed by atoms with Crippen LogP contribution in [0.4, 0.5) is 4.79 Å². The molecule has 2 rings (SSSR count). The van der Waals surface area contributed by atoms with E-state index in [4.69, 9.17) is 4.74 Å². The summed E-state index contributed by atoms with van der Waals surface area (Å²) in [4.78, 5) is 14.4. The average Bonchev–Trinajstić information content (AvgIpc) is 2.58. The summed E-state index contributed by atoms with van der Waals surface area (Å²) in [6.45, 7) is 8.77. The van der Waals surface area contributed by atoms with Crippen LogP contribution in [0.2, 0.25) is 0 Å². The Bertz CT molecular complexity index is 607. The van der Waals surface area contributed by atoms with Gasteiger partial charge in [0.1, 0.15) is 5.60 Å². The van der Waals surface area contributed by atoms with Crippen LogP contribution in [0, 0.1) is 6.42 Å². The molecule has 0 unspecified atom stereocenters. The highest BCUT2D eigenvalue weighted by Gasteiger charge is 2.25. The summed E-state index contributed by atoms with van der Waals surface area (Å²) in [5, 5.41) is 0. The molecule has 0 aromatic heterocycles. The lowest BCUT2D eigenvalue weighted by Crippen LogP contribution is -2.40. The molecule has 0 spiro atoms. The third kappa shape index (κ3) is 5.93. The largest absolute Gasteiger partial charge is 0.444 e. The van der Waals surface area contributed by atoms with Crippen LogP contribution in [0.5, 0.6) is 0 Å². The third-order valence-electron chi connectivity index (χ3n) is 3.86. The lowest BCUT2D eigenvalue weighted by atomic mass is 9.91. The topological polar surface area (TPSA) is 29.5 Å². The van der Waals surface area contributed by atoms with Crippen LogP contribution in [0.3, 0.4) is 0 Å². The van der Waals surface area contributed by atoms with Crippen molar-refractivity contribution in [1.82, 2.24) is 4.90 Å². The number of hydrogen-bond donors (Lipinski definition) is 0. The van der Waals surface area contributed by atoms with Crippen molar-refractivity contribution in [2.45, 2.75) is 39.2 Å². The molecular formula is C22H28NO2. The molecule has 0 aliphatic rings. The van der Waals surface area contributed by atoms with Crippen LogP contribution in [-0.4, -0.2) is 29.7 Å². The average molecular weight is 338 g/mol. The molecule has 0 bridgehead atoms. The zero-order valence-corrected chi connectivity index (χ0v) is 15.6. The first kappa shape index (κ1) is 19.0. The predicted molar refractivity (Wildman–Crippen MR) is 103 cm³/mol. The minimum absolute atomic E-state index is 0.106. The molecule has 1 amide bonds. The smallest absolute Gasteiger partial charge is 0.410 e. The van der Waals surface area contributed by atoms with Gasteiger partial charge in [-0.1, -0.05) is 67.6 Å². The van der Waals surface area contributed by atoms with Crippen molar-refractivity contribution in [2.24, 2.45) is 0 Å². The summed E-state index contributed by atoms with van der Waals surface area (Å²) in [5.41, 5.74) is 1.88. The van der Waals surface area contributed by atoms with Crippen molar-refractivity contribution in [3.8, 4) is 0 Å². The quantitative estimate of drug-likeness (QED) is 0.717. The first-order valence-electron chi connectivity index (χ1n) is 8.76. The molecule has 3 nitrogen and oxygen atoms in total. The molecule has 0 heterocycles. The molecular weight excluding hydrogens is 310 g/mol. The van der Waals surface area contributed by atoms with Gasteiger partial charge < -0.3 is 9.64 Å². The second-order valence-corrected chi connectivity index (χ2v) is 7.17. The van der Waals surface area contributed by atoms with Gasteiger partial charge in [-0.05, 0) is 38.3 Å². The van der Waals surface area contributed by atoms with Crippen LogP contribution in [-0.2, 0) is 4.74 Å². The molecule has 1 radical (unpaired) electrons. The lowest BCUT2D eigenvalue weighted by molar-refractivity contribution is 0.0260. The fourth-order valence-electron chi connectivity index (χ4n) is 2.76. The SMILES string of the molecule is C[CH]CN(CC(c1ccccc1)c1ccccc1)C(=O)OC(C)(C)C. The summed E-state index contributed by atoms with van der Waals surface area (Å²) >= 11 is 0. The highest BCUT2D eigenvalue weighted by molar-refractivity contribution is 5.68. The maximum absolute atomic E-state index is 12.6. The molecule has 2 aromatic rings. The van der Waals surface area contributed by atoms with Crippen LogP contribution in [0.15, 0.2) is 60.7 Å². The van der Waals surface area contributed by atoms with E-state index >= 15 is 0 Å². The van der Waals surface area contributed by atoms with E-state index in [0.29, 0.717) is 13.1 Å². The molecule has 25 heavy (non-hydrogen) atoms. The first-order valence-corrected chi connectivity index (χ1v) is 8.76. The molecule has 0 fully saturated rings. The van der Waals surface area contributed by atoms with Crippen molar-refractivity contribution in [3.05, 3.63) is 78.2 Å². The van der Waals surface area contributed by atoms with E-state index in [9.17, 15) is 4.79 Å². The Hall–Kier alpha value is -2.29. The van der Waals surface area contributed by atoms with Gasteiger partial charge in [-0.3, -0.25) is 0 Å². The first-order chi connectivity index (χ1) is 11.9. The van der Waals surface area contributed by atoms with Crippen molar-refractivity contribution in [2.75, 3.05) is 13.1 Å². The zero-order valence-electron chi connectivity index (χ0n) is 15.6. The van der Waals surface area contributed by atoms with Crippen LogP contribution < -0.4 is 0 Å². The van der Waals surface area contributed by atoms with Crippen LogP contribution >= 0.6 is 0 Å². The van der Waals surface area contributed by atoms with Gasteiger partial charge >= 0.3 is 6.09 Å². The number of nitrogens with zero attached hydrogens (tertiary/aromatic N) is 1. The van der Waals surface area contributed by atoms with E-state index in [1.165, 1.54) is 11.1 Å². The third-order valence-corrected chi connectivity index (χ3v) is 3.86. The molecule has 0 saturated heterocycles. The molecule has 2 aromatic carbocycles. The van der Waals surface area contributed by atoms with Crippen LogP contribution in [0.25, 0.3) is 0 Å². The van der Waals surface area contributed by atoms with Gasteiger partial charge in [-0.15, -0.1) is 0 Å². The van der Waals surface area contributed by atoms with Crippen molar-refractivity contribution in [1.29, 1.82) is 0 Å². The number of ether oxygens (including phenoxy) is 1. The van der Waals surface area contributed by atoms with E-state index in [-0.39, 0.29) is 12.0 Å². The summed E-state index contributed by atoms with van der Waals surface area (Å²) in [7, 11) is 0. The number of carbonyl (C=O) groups is 1. The van der Waals surface area contributed by atoms with Gasteiger partial charge in [0, 0.05) is 19.0 Å². The molecule has 0 aliphatic heterocycles. The Labute approximate surface area is 151 Å². The summed E-state index contributed by atoms with van der Waals surface area (Å²) in [6.07, 6.45) is 1.71. The number of benzene rings is 2. The van der Waals surface area contributed by atoms with E-state index in [1.807, 2.05) is 70.5 Å². The van der Waals surface area contributed by atoms with Crippen molar-refractivity contribution >= 4 is 6.09 Å². The molecule has 0 aliphatic carbocycles. The standard InChI is InChI=1S/C22H28NO2/c1-5-16-23(21(24)25-22(2,3)4)17-20(18-12-8-6-9-13-18)19-14-10-7-11-15-19/h5-15,20H,16-17H2,1-4H3. The van der Waals surface area contributed by atoms with Crippen molar-refractivity contribution < 1.29 is 9.53 Å². The molecule has 0 saturated carbocycles. The monoisotopic (exact) mass is 338 g/mol. The molecule has 3 heteroatoms. The molecule has 133 valence electrons. The normalized spacial score (nSPS) is 11.4. The Kier molecular flexibility index (Phi) is 6.63. The fourth-order valence-corrected chi connectivity index (χ4v) is 2.76. The Balaban J connectivity index is 2.28. The number of amides is 1. The van der Waals surface area contributed by atoms with Gasteiger partial charge in [0.2, 0.25) is 0 Å². The molecule has 0 N–H and O–H groups in total. The summed E-state index contributed by atoms with van der Waals surface area (Å²) in [6, 6.07) is 20.6. The number of carbonyl (C=O) groups excluding carboxylic acids is 1. The van der Waals surface area contributed by atoms with E-state index in [1.54, 1.807) is 4.90 Å².